The van der Waals surface area contributed by atoms with Crippen molar-refractivity contribution in [3.05, 3.63) is 77.9 Å². The van der Waals surface area contributed by atoms with Crippen molar-refractivity contribution in [1.29, 1.82) is 0 Å². The van der Waals surface area contributed by atoms with Gasteiger partial charge in [-0.15, -0.1) is 0 Å². The van der Waals surface area contributed by atoms with Crippen molar-refractivity contribution in [2.24, 2.45) is 5.92 Å². The van der Waals surface area contributed by atoms with Crippen LogP contribution in [0.25, 0.3) is 11.1 Å². The fraction of sp³-hybridized carbons (Fsp3) is 0.407. The molecule has 172 valence electrons. The smallest absolute Gasteiger partial charge is 0.224 e. The number of benzene rings is 1. The Labute approximate surface area is 194 Å². The number of pyridine rings is 1. The molecule has 0 atom stereocenters. The number of rotatable bonds is 7. The van der Waals surface area contributed by atoms with Gasteiger partial charge >= 0.3 is 0 Å². The van der Waals surface area contributed by atoms with Crippen LogP contribution in [0.3, 0.4) is 0 Å². The predicted octanol–water partition coefficient (Wildman–Crippen LogP) is 5.43. The maximum atomic E-state index is 13.0. The molecule has 0 unspecified atom stereocenters. The second kappa shape index (κ2) is 10.6. The molecule has 0 radical (unpaired) electrons. The third-order valence-corrected chi connectivity index (χ3v) is 6.44. The van der Waals surface area contributed by atoms with Gasteiger partial charge in [-0.05, 0) is 67.0 Å². The normalized spacial score (nSPS) is 18.3. The lowest BCUT2D eigenvalue weighted by Crippen LogP contribution is -2.32. The van der Waals surface area contributed by atoms with Crippen molar-refractivity contribution < 1.29 is 9.18 Å². The second-order valence-corrected chi connectivity index (χ2v) is 9.24. The zero-order valence-electron chi connectivity index (χ0n) is 19.3. The van der Waals surface area contributed by atoms with Crippen molar-refractivity contribution in [2.45, 2.75) is 57.8 Å². The average molecular weight is 447 g/mol. The minimum absolute atomic E-state index is 0.0129. The van der Waals surface area contributed by atoms with Crippen molar-refractivity contribution in [2.75, 3.05) is 6.54 Å². The molecule has 6 heteroatoms. The maximum Gasteiger partial charge on any atom is 0.224 e. The van der Waals surface area contributed by atoms with Crippen molar-refractivity contribution >= 4 is 5.91 Å². The van der Waals surface area contributed by atoms with Crippen molar-refractivity contribution in [3.8, 4) is 11.1 Å². The first-order chi connectivity index (χ1) is 16.0. The van der Waals surface area contributed by atoms with Crippen LogP contribution in [0.15, 0.2) is 55.0 Å². The molecule has 0 saturated heterocycles. The topological polar surface area (TPSA) is 67.8 Å². The van der Waals surface area contributed by atoms with Gasteiger partial charge < -0.3 is 5.32 Å². The molecule has 4 rings (SSSR count). The van der Waals surface area contributed by atoms with Crippen LogP contribution in [-0.2, 0) is 11.2 Å². The van der Waals surface area contributed by atoms with E-state index in [1.807, 2.05) is 18.3 Å². The minimum Gasteiger partial charge on any atom is -0.356 e. The predicted molar refractivity (Wildman–Crippen MR) is 127 cm³/mol. The average Bonchev–Trinajstić information content (AvgIpc) is 2.84. The van der Waals surface area contributed by atoms with E-state index in [1.165, 1.54) is 12.1 Å². The van der Waals surface area contributed by atoms with Crippen LogP contribution in [0.4, 0.5) is 4.39 Å². The standard InChI is InChI=1S/C27H31FN4O/c1-18(2)27-31-17-24(21-11-13-29-14-12-21)26(32-27)22-7-3-20(4-8-22)16-30-25(33)15-19-5-9-23(28)10-6-19/h5-6,9-14,17-18,20,22H,3-4,7-8,15-16H2,1-2H3,(H,30,33). The van der Waals surface area contributed by atoms with Crippen LogP contribution in [0.5, 0.6) is 0 Å². The molecule has 1 fully saturated rings. The molecule has 1 amide bonds. The van der Waals surface area contributed by atoms with Crippen molar-refractivity contribution in [3.63, 3.8) is 0 Å². The Bertz CT molecular complexity index is 1060. The van der Waals surface area contributed by atoms with Gasteiger partial charge in [-0.1, -0.05) is 26.0 Å². The highest BCUT2D eigenvalue weighted by molar-refractivity contribution is 5.78. The van der Waals surface area contributed by atoms with E-state index >= 15 is 0 Å². The second-order valence-electron chi connectivity index (χ2n) is 9.24. The van der Waals surface area contributed by atoms with E-state index in [1.54, 1.807) is 24.5 Å². The molecule has 0 spiro atoms. The number of halogens is 1. The van der Waals surface area contributed by atoms with Gasteiger partial charge in [0, 0.05) is 42.5 Å². The summed E-state index contributed by atoms with van der Waals surface area (Å²) in [5.74, 6) is 1.73. The van der Waals surface area contributed by atoms with Gasteiger partial charge in [0.2, 0.25) is 5.91 Å². The summed E-state index contributed by atoms with van der Waals surface area (Å²) < 4.78 is 13.0. The van der Waals surface area contributed by atoms with Crippen LogP contribution in [0.2, 0.25) is 0 Å². The highest BCUT2D eigenvalue weighted by atomic mass is 19.1. The first kappa shape index (κ1) is 23.0. The largest absolute Gasteiger partial charge is 0.356 e. The summed E-state index contributed by atoms with van der Waals surface area (Å²) in [6.07, 6.45) is 10.1. The SMILES string of the molecule is CC(C)c1ncc(-c2ccncc2)c(C2CCC(CNC(=O)Cc3ccc(F)cc3)CC2)n1. The third-order valence-electron chi connectivity index (χ3n) is 6.44. The molecule has 1 aliphatic rings. The van der Waals surface area contributed by atoms with Crippen LogP contribution in [0, 0.1) is 11.7 Å². The summed E-state index contributed by atoms with van der Waals surface area (Å²) >= 11 is 0. The van der Waals surface area contributed by atoms with Gasteiger partial charge in [0.15, 0.2) is 0 Å². The maximum absolute atomic E-state index is 13.0. The molecule has 2 aromatic heterocycles. The zero-order chi connectivity index (χ0) is 23.2. The minimum atomic E-state index is -0.285. The Kier molecular flexibility index (Phi) is 7.43. The molecule has 3 aromatic rings. The fourth-order valence-corrected chi connectivity index (χ4v) is 4.50. The summed E-state index contributed by atoms with van der Waals surface area (Å²) in [5.41, 5.74) is 4.16. The number of carbonyl (C=O) groups is 1. The zero-order valence-corrected chi connectivity index (χ0v) is 19.3. The van der Waals surface area contributed by atoms with E-state index in [9.17, 15) is 9.18 Å². The van der Waals surface area contributed by atoms with Crippen molar-refractivity contribution in [1.82, 2.24) is 20.3 Å². The first-order valence-electron chi connectivity index (χ1n) is 11.8. The molecule has 1 aromatic carbocycles. The first-order valence-corrected chi connectivity index (χ1v) is 11.8. The summed E-state index contributed by atoms with van der Waals surface area (Å²) in [6.45, 7) is 4.93. The molecule has 2 heterocycles. The van der Waals surface area contributed by atoms with Gasteiger partial charge in [-0.25, -0.2) is 14.4 Å². The summed E-state index contributed by atoms with van der Waals surface area (Å²) in [7, 11) is 0. The Hall–Kier alpha value is -3.15. The van der Waals surface area contributed by atoms with Crippen LogP contribution >= 0.6 is 0 Å². The Balaban J connectivity index is 1.37. The number of nitrogens with zero attached hydrogens (tertiary/aromatic N) is 3. The Morgan fingerprint density at radius 2 is 1.76 bits per heavy atom. The molecule has 1 N–H and O–H groups in total. The number of carbonyl (C=O) groups excluding carboxylic acids is 1. The van der Waals surface area contributed by atoms with E-state index in [-0.39, 0.29) is 24.1 Å². The number of aromatic nitrogens is 3. The van der Waals surface area contributed by atoms with Gasteiger partial charge in [0.05, 0.1) is 12.1 Å². The molecule has 0 aliphatic heterocycles. The molecular weight excluding hydrogens is 415 g/mol. The van der Waals surface area contributed by atoms with Crippen LogP contribution < -0.4 is 5.32 Å². The van der Waals surface area contributed by atoms with Crippen LogP contribution in [-0.4, -0.2) is 27.4 Å². The molecule has 0 bridgehead atoms. The number of nitrogens with one attached hydrogen (secondary N) is 1. The summed E-state index contributed by atoms with van der Waals surface area (Å²) in [5, 5.41) is 3.07. The van der Waals surface area contributed by atoms with Gasteiger partial charge in [0.25, 0.3) is 0 Å². The van der Waals surface area contributed by atoms with Gasteiger partial charge in [0.1, 0.15) is 11.6 Å². The highest BCUT2D eigenvalue weighted by Crippen LogP contribution is 2.39. The molecule has 1 saturated carbocycles. The number of hydrogen-bond acceptors (Lipinski definition) is 4. The highest BCUT2D eigenvalue weighted by Gasteiger charge is 2.26. The van der Waals surface area contributed by atoms with Gasteiger partial charge in [-0.2, -0.15) is 0 Å². The number of hydrogen-bond donors (Lipinski definition) is 1. The molecule has 5 nitrogen and oxygen atoms in total. The molecule has 1 aliphatic carbocycles. The van der Waals surface area contributed by atoms with Crippen LogP contribution in [0.1, 0.15) is 68.4 Å². The van der Waals surface area contributed by atoms with E-state index in [0.717, 1.165) is 53.9 Å². The number of amides is 1. The lowest BCUT2D eigenvalue weighted by molar-refractivity contribution is -0.120. The van der Waals surface area contributed by atoms with E-state index in [2.05, 4.69) is 29.1 Å². The quantitative estimate of drug-likeness (QED) is 0.525. The third kappa shape index (κ3) is 6.01. The van der Waals surface area contributed by atoms with Gasteiger partial charge in [-0.3, -0.25) is 9.78 Å². The monoisotopic (exact) mass is 446 g/mol. The molecular formula is C27H31FN4O. The summed E-state index contributed by atoms with van der Waals surface area (Å²) in [4.78, 5) is 26.1. The lowest BCUT2D eigenvalue weighted by Gasteiger charge is -2.29. The Morgan fingerprint density at radius 1 is 1.06 bits per heavy atom. The van der Waals surface area contributed by atoms with E-state index in [0.29, 0.717) is 18.4 Å². The molecule has 33 heavy (non-hydrogen) atoms. The fourth-order valence-electron chi connectivity index (χ4n) is 4.50. The summed E-state index contributed by atoms with van der Waals surface area (Å²) in [6, 6.07) is 10.1. The lowest BCUT2D eigenvalue weighted by atomic mass is 9.79. The Morgan fingerprint density at radius 3 is 2.42 bits per heavy atom. The van der Waals surface area contributed by atoms with E-state index in [4.69, 9.17) is 4.98 Å². The van der Waals surface area contributed by atoms with E-state index < -0.39 is 0 Å².